The van der Waals surface area contributed by atoms with Gasteiger partial charge in [-0.25, -0.2) is 8.78 Å². The van der Waals surface area contributed by atoms with Crippen LogP contribution in [0.3, 0.4) is 0 Å². The van der Waals surface area contributed by atoms with Crippen LogP contribution in [0.5, 0.6) is 0 Å². The Hall–Kier alpha value is -1.36. The number of anilines is 2. The molecule has 1 aliphatic rings. The lowest BCUT2D eigenvalue weighted by atomic mass is 9.87. The minimum atomic E-state index is -0.939. The number of nitrogens with two attached hydrogens (primary N) is 1. The van der Waals surface area contributed by atoms with Gasteiger partial charge in [0.2, 0.25) is 0 Å². The highest BCUT2D eigenvalue weighted by Crippen LogP contribution is 2.28. The van der Waals surface area contributed by atoms with Gasteiger partial charge in [-0.2, -0.15) is 0 Å². The van der Waals surface area contributed by atoms with Crippen molar-refractivity contribution in [1.82, 2.24) is 0 Å². The Morgan fingerprint density at radius 2 is 2.11 bits per heavy atom. The Bertz CT molecular complexity index is 426. The number of benzene rings is 1. The first-order valence-corrected chi connectivity index (χ1v) is 6.23. The maximum Gasteiger partial charge on any atom is 0.183 e. The molecule has 0 saturated heterocycles. The summed E-state index contributed by atoms with van der Waals surface area (Å²) in [5, 5.41) is 12.4. The van der Waals surface area contributed by atoms with Crippen molar-refractivity contribution < 1.29 is 13.9 Å². The van der Waals surface area contributed by atoms with Crippen molar-refractivity contribution in [3.05, 3.63) is 23.8 Å². The second kappa shape index (κ2) is 5.52. The number of rotatable bonds is 3. The molecule has 0 spiro atoms. The Balaban J connectivity index is 1.99. The largest absolute Gasteiger partial charge is 0.397 e. The number of halogens is 2. The van der Waals surface area contributed by atoms with Gasteiger partial charge in [-0.1, -0.05) is 6.42 Å². The molecular formula is C13H18F2N2O. The summed E-state index contributed by atoms with van der Waals surface area (Å²) in [5.41, 5.74) is 5.84. The van der Waals surface area contributed by atoms with E-state index in [1.54, 1.807) is 0 Å². The van der Waals surface area contributed by atoms with Gasteiger partial charge in [0.05, 0.1) is 17.5 Å². The van der Waals surface area contributed by atoms with E-state index in [0.29, 0.717) is 13.0 Å². The predicted octanol–water partition coefficient (Wildman–Crippen LogP) is 2.51. The van der Waals surface area contributed by atoms with E-state index in [4.69, 9.17) is 5.73 Å². The van der Waals surface area contributed by atoms with Crippen LogP contribution in [0.2, 0.25) is 0 Å². The molecule has 1 fully saturated rings. The van der Waals surface area contributed by atoms with Gasteiger partial charge in [-0.3, -0.25) is 0 Å². The predicted molar refractivity (Wildman–Crippen MR) is 67.2 cm³/mol. The van der Waals surface area contributed by atoms with Crippen LogP contribution in [-0.2, 0) is 0 Å². The van der Waals surface area contributed by atoms with Crippen molar-refractivity contribution in [2.24, 2.45) is 5.92 Å². The van der Waals surface area contributed by atoms with Crippen LogP contribution in [0.1, 0.15) is 25.7 Å². The van der Waals surface area contributed by atoms with Gasteiger partial charge >= 0.3 is 0 Å². The quantitative estimate of drug-likeness (QED) is 0.728. The van der Waals surface area contributed by atoms with Gasteiger partial charge in [-0.15, -0.1) is 0 Å². The highest BCUT2D eigenvalue weighted by atomic mass is 19.2. The SMILES string of the molecule is Nc1ccc(F)c(F)c1NCC1CCCC(O)C1. The van der Waals surface area contributed by atoms with Gasteiger partial charge in [0, 0.05) is 6.54 Å². The third-order valence-electron chi connectivity index (χ3n) is 3.45. The first kappa shape index (κ1) is 13.1. The highest BCUT2D eigenvalue weighted by molar-refractivity contribution is 5.66. The Morgan fingerprint density at radius 1 is 1.33 bits per heavy atom. The number of aliphatic hydroxyl groups is 1. The average molecular weight is 256 g/mol. The van der Waals surface area contributed by atoms with Crippen LogP contribution in [0.25, 0.3) is 0 Å². The normalized spacial score (nSPS) is 23.9. The van der Waals surface area contributed by atoms with Crippen LogP contribution < -0.4 is 11.1 Å². The molecule has 1 aromatic carbocycles. The van der Waals surface area contributed by atoms with E-state index in [9.17, 15) is 13.9 Å². The van der Waals surface area contributed by atoms with E-state index in [1.807, 2.05) is 0 Å². The number of aliphatic hydroxyl groups excluding tert-OH is 1. The molecule has 1 aromatic rings. The maximum absolute atomic E-state index is 13.5. The lowest BCUT2D eigenvalue weighted by Gasteiger charge is -2.26. The van der Waals surface area contributed by atoms with E-state index in [-0.39, 0.29) is 23.4 Å². The van der Waals surface area contributed by atoms with Gasteiger partial charge in [-0.05, 0) is 37.3 Å². The topological polar surface area (TPSA) is 58.3 Å². The molecule has 2 atom stereocenters. The number of hydrogen-bond acceptors (Lipinski definition) is 3. The molecule has 100 valence electrons. The molecule has 0 radical (unpaired) electrons. The highest BCUT2D eigenvalue weighted by Gasteiger charge is 2.21. The summed E-state index contributed by atoms with van der Waals surface area (Å²) in [7, 11) is 0. The minimum Gasteiger partial charge on any atom is -0.397 e. The molecule has 1 saturated carbocycles. The zero-order chi connectivity index (χ0) is 13.1. The summed E-state index contributed by atoms with van der Waals surface area (Å²) in [6.45, 7) is 0.502. The van der Waals surface area contributed by atoms with E-state index in [0.717, 1.165) is 25.3 Å². The molecule has 0 heterocycles. The standard InChI is InChI=1S/C13H18F2N2O/c14-10-4-5-11(16)13(12(10)15)17-7-8-2-1-3-9(18)6-8/h4-5,8-9,17-18H,1-3,6-7,16H2. The van der Waals surface area contributed by atoms with E-state index in [2.05, 4.69) is 5.32 Å². The molecule has 0 bridgehead atoms. The van der Waals surface area contributed by atoms with Crippen molar-refractivity contribution in [2.45, 2.75) is 31.8 Å². The average Bonchev–Trinajstić information content (AvgIpc) is 2.34. The Morgan fingerprint density at radius 3 is 2.83 bits per heavy atom. The van der Waals surface area contributed by atoms with Crippen molar-refractivity contribution in [1.29, 1.82) is 0 Å². The molecule has 0 aromatic heterocycles. The van der Waals surface area contributed by atoms with Crippen molar-refractivity contribution in [2.75, 3.05) is 17.6 Å². The smallest absolute Gasteiger partial charge is 0.183 e. The monoisotopic (exact) mass is 256 g/mol. The molecule has 4 N–H and O–H groups in total. The summed E-state index contributed by atoms with van der Waals surface area (Å²) in [5.74, 6) is -1.57. The lowest BCUT2D eigenvalue weighted by Crippen LogP contribution is -2.25. The molecule has 2 unspecified atom stereocenters. The Kier molecular flexibility index (Phi) is 4.01. The second-order valence-corrected chi connectivity index (χ2v) is 4.89. The van der Waals surface area contributed by atoms with Crippen molar-refractivity contribution >= 4 is 11.4 Å². The number of hydrogen-bond donors (Lipinski definition) is 3. The fourth-order valence-electron chi connectivity index (χ4n) is 2.44. The maximum atomic E-state index is 13.5. The van der Waals surface area contributed by atoms with Crippen LogP contribution in [0.4, 0.5) is 20.2 Å². The van der Waals surface area contributed by atoms with Crippen LogP contribution in [0.15, 0.2) is 12.1 Å². The summed E-state index contributed by atoms with van der Waals surface area (Å²) in [4.78, 5) is 0. The van der Waals surface area contributed by atoms with Gasteiger partial charge in [0.1, 0.15) is 0 Å². The molecule has 0 aliphatic heterocycles. The zero-order valence-corrected chi connectivity index (χ0v) is 10.1. The van der Waals surface area contributed by atoms with Crippen LogP contribution in [0, 0.1) is 17.6 Å². The van der Waals surface area contributed by atoms with Crippen LogP contribution in [-0.4, -0.2) is 17.8 Å². The van der Waals surface area contributed by atoms with E-state index >= 15 is 0 Å². The van der Waals surface area contributed by atoms with Gasteiger partial charge < -0.3 is 16.2 Å². The summed E-state index contributed by atoms with van der Waals surface area (Å²) >= 11 is 0. The summed E-state index contributed by atoms with van der Waals surface area (Å²) < 4.78 is 26.6. The fraction of sp³-hybridized carbons (Fsp3) is 0.538. The summed E-state index contributed by atoms with van der Waals surface area (Å²) in [6, 6.07) is 2.36. The molecule has 2 rings (SSSR count). The molecule has 0 amide bonds. The number of nitrogens with one attached hydrogen (secondary N) is 1. The first-order chi connectivity index (χ1) is 8.58. The second-order valence-electron chi connectivity index (χ2n) is 4.89. The Labute approximate surface area is 105 Å². The van der Waals surface area contributed by atoms with Gasteiger partial charge in [0.15, 0.2) is 11.6 Å². The van der Waals surface area contributed by atoms with Gasteiger partial charge in [0.25, 0.3) is 0 Å². The van der Waals surface area contributed by atoms with Crippen LogP contribution >= 0.6 is 0 Å². The molecule has 18 heavy (non-hydrogen) atoms. The molecule has 5 heteroatoms. The summed E-state index contributed by atoms with van der Waals surface area (Å²) in [6.07, 6.45) is 3.20. The fourth-order valence-corrected chi connectivity index (χ4v) is 2.44. The minimum absolute atomic E-state index is 0.0232. The first-order valence-electron chi connectivity index (χ1n) is 6.23. The van der Waals surface area contributed by atoms with Crippen molar-refractivity contribution in [3.8, 4) is 0 Å². The van der Waals surface area contributed by atoms with Crippen molar-refractivity contribution in [3.63, 3.8) is 0 Å². The zero-order valence-electron chi connectivity index (χ0n) is 10.1. The lowest BCUT2D eigenvalue weighted by molar-refractivity contribution is 0.104. The molecular weight excluding hydrogens is 238 g/mol. The number of nitrogen functional groups attached to an aromatic ring is 1. The molecule has 3 nitrogen and oxygen atoms in total. The van der Waals surface area contributed by atoms with E-state index in [1.165, 1.54) is 6.07 Å². The van der Waals surface area contributed by atoms with E-state index < -0.39 is 11.6 Å². The third-order valence-corrected chi connectivity index (χ3v) is 3.45. The molecule has 1 aliphatic carbocycles. The third kappa shape index (κ3) is 2.90.